The Labute approximate surface area is 111 Å². The summed E-state index contributed by atoms with van der Waals surface area (Å²) in [7, 11) is 3.08. The maximum absolute atomic E-state index is 11.6. The minimum atomic E-state index is -0.518. The standard InChI is InChI=1S/C15H15NO3/c1-18-11-8-12(15(16)17)14(13(9-11)19-2)10-6-4-3-5-7-10/h3-9H,1-2H3,(H2,16,17). The third-order valence-corrected chi connectivity index (χ3v) is 2.86. The number of carbonyl (C=O) groups is 1. The molecular weight excluding hydrogens is 242 g/mol. The van der Waals surface area contributed by atoms with Crippen molar-refractivity contribution >= 4 is 5.91 Å². The van der Waals surface area contributed by atoms with Crippen LogP contribution >= 0.6 is 0 Å². The fraction of sp³-hybridized carbons (Fsp3) is 0.133. The van der Waals surface area contributed by atoms with Gasteiger partial charge in [-0.2, -0.15) is 0 Å². The Kier molecular flexibility index (Phi) is 3.71. The SMILES string of the molecule is COc1cc(OC)c(-c2ccccc2)c(C(N)=O)c1. The number of primary amides is 1. The molecule has 4 heteroatoms. The molecule has 0 atom stereocenters. The van der Waals surface area contributed by atoms with Crippen molar-refractivity contribution < 1.29 is 14.3 Å². The van der Waals surface area contributed by atoms with Crippen molar-refractivity contribution in [2.45, 2.75) is 0 Å². The van der Waals surface area contributed by atoms with Gasteiger partial charge in [0.25, 0.3) is 0 Å². The molecule has 0 bridgehead atoms. The van der Waals surface area contributed by atoms with E-state index >= 15 is 0 Å². The van der Waals surface area contributed by atoms with Gasteiger partial charge in [0.05, 0.1) is 19.8 Å². The molecule has 0 spiro atoms. The van der Waals surface area contributed by atoms with E-state index in [9.17, 15) is 4.79 Å². The summed E-state index contributed by atoms with van der Waals surface area (Å²) < 4.78 is 10.5. The lowest BCUT2D eigenvalue weighted by Gasteiger charge is -2.14. The van der Waals surface area contributed by atoms with E-state index in [0.29, 0.717) is 22.6 Å². The fourth-order valence-corrected chi connectivity index (χ4v) is 1.97. The second kappa shape index (κ2) is 5.44. The maximum Gasteiger partial charge on any atom is 0.249 e. The molecule has 1 amide bonds. The minimum absolute atomic E-state index is 0.377. The predicted molar refractivity (Wildman–Crippen MR) is 73.5 cm³/mol. The number of hydrogen-bond donors (Lipinski definition) is 1. The first-order valence-corrected chi connectivity index (χ1v) is 5.78. The topological polar surface area (TPSA) is 61.6 Å². The van der Waals surface area contributed by atoms with Gasteiger partial charge in [-0.05, 0) is 11.6 Å². The molecule has 0 aliphatic heterocycles. The monoisotopic (exact) mass is 257 g/mol. The molecule has 0 saturated heterocycles. The number of ether oxygens (including phenoxy) is 2. The van der Waals surface area contributed by atoms with Crippen molar-refractivity contribution in [3.8, 4) is 22.6 Å². The van der Waals surface area contributed by atoms with Crippen molar-refractivity contribution in [2.75, 3.05) is 14.2 Å². The molecule has 0 unspecified atom stereocenters. The third kappa shape index (κ3) is 2.52. The van der Waals surface area contributed by atoms with E-state index in [1.807, 2.05) is 30.3 Å². The molecule has 0 aliphatic carbocycles. The van der Waals surface area contributed by atoms with E-state index in [-0.39, 0.29) is 0 Å². The Balaban J connectivity index is 2.73. The van der Waals surface area contributed by atoms with Crippen LogP contribution in [-0.4, -0.2) is 20.1 Å². The number of amides is 1. The summed E-state index contributed by atoms with van der Waals surface area (Å²) in [6.45, 7) is 0. The largest absolute Gasteiger partial charge is 0.497 e. The summed E-state index contributed by atoms with van der Waals surface area (Å²) in [5.74, 6) is 0.570. The van der Waals surface area contributed by atoms with Crippen LogP contribution in [0.15, 0.2) is 42.5 Å². The van der Waals surface area contributed by atoms with Crippen LogP contribution < -0.4 is 15.2 Å². The predicted octanol–water partition coefficient (Wildman–Crippen LogP) is 2.47. The first kappa shape index (κ1) is 13.0. The molecule has 0 fully saturated rings. The Morgan fingerprint density at radius 1 is 1.05 bits per heavy atom. The number of nitrogens with two attached hydrogens (primary N) is 1. The zero-order chi connectivity index (χ0) is 13.8. The normalized spacial score (nSPS) is 10.0. The molecule has 0 heterocycles. The summed E-state index contributed by atoms with van der Waals surface area (Å²) in [4.78, 5) is 11.6. The average molecular weight is 257 g/mol. The highest BCUT2D eigenvalue weighted by atomic mass is 16.5. The van der Waals surface area contributed by atoms with Crippen LogP contribution in [0.4, 0.5) is 0 Å². The van der Waals surface area contributed by atoms with Gasteiger partial charge >= 0.3 is 0 Å². The van der Waals surface area contributed by atoms with Crippen LogP contribution in [0.25, 0.3) is 11.1 Å². The van der Waals surface area contributed by atoms with Crippen molar-refractivity contribution in [3.05, 3.63) is 48.0 Å². The summed E-state index contributed by atoms with van der Waals surface area (Å²) in [6, 6.07) is 12.8. The Hall–Kier alpha value is -2.49. The van der Waals surface area contributed by atoms with Crippen LogP contribution in [0.3, 0.4) is 0 Å². The lowest BCUT2D eigenvalue weighted by molar-refractivity contribution is 0.100. The second-order valence-corrected chi connectivity index (χ2v) is 3.98. The highest BCUT2D eigenvalue weighted by Crippen LogP contribution is 2.36. The molecule has 0 saturated carbocycles. The molecule has 2 rings (SSSR count). The maximum atomic E-state index is 11.6. The Bertz CT molecular complexity index is 594. The number of hydrogen-bond acceptors (Lipinski definition) is 3. The molecule has 0 aliphatic rings. The van der Waals surface area contributed by atoms with Gasteiger partial charge in [-0.1, -0.05) is 30.3 Å². The van der Waals surface area contributed by atoms with Gasteiger partial charge in [-0.15, -0.1) is 0 Å². The number of methoxy groups -OCH3 is 2. The quantitative estimate of drug-likeness (QED) is 0.915. The van der Waals surface area contributed by atoms with Crippen molar-refractivity contribution in [1.29, 1.82) is 0 Å². The van der Waals surface area contributed by atoms with E-state index in [1.54, 1.807) is 19.2 Å². The molecule has 2 N–H and O–H groups in total. The highest BCUT2D eigenvalue weighted by molar-refractivity contribution is 6.02. The van der Waals surface area contributed by atoms with Crippen LogP contribution in [0, 0.1) is 0 Å². The second-order valence-electron chi connectivity index (χ2n) is 3.98. The van der Waals surface area contributed by atoms with Gasteiger partial charge in [0, 0.05) is 11.6 Å². The average Bonchev–Trinajstić information content (AvgIpc) is 2.46. The van der Waals surface area contributed by atoms with E-state index in [0.717, 1.165) is 5.56 Å². The fourth-order valence-electron chi connectivity index (χ4n) is 1.97. The number of carbonyl (C=O) groups excluding carboxylic acids is 1. The van der Waals surface area contributed by atoms with Crippen LogP contribution in [0.1, 0.15) is 10.4 Å². The van der Waals surface area contributed by atoms with Crippen molar-refractivity contribution in [3.63, 3.8) is 0 Å². The van der Waals surface area contributed by atoms with Gasteiger partial charge in [-0.3, -0.25) is 4.79 Å². The highest BCUT2D eigenvalue weighted by Gasteiger charge is 2.17. The minimum Gasteiger partial charge on any atom is -0.497 e. The van der Waals surface area contributed by atoms with E-state index in [1.165, 1.54) is 7.11 Å². The van der Waals surface area contributed by atoms with E-state index in [2.05, 4.69) is 0 Å². The van der Waals surface area contributed by atoms with Crippen LogP contribution in [-0.2, 0) is 0 Å². The third-order valence-electron chi connectivity index (χ3n) is 2.86. The van der Waals surface area contributed by atoms with Gasteiger partial charge in [-0.25, -0.2) is 0 Å². The molecule has 0 radical (unpaired) electrons. The van der Waals surface area contributed by atoms with Gasteiger partial charge in [0.1, 0.15) is 11.5 Å². The van der Waals surface area contributed by atoms with E-state index in [4.69, 9.17) is 15.2 Å². The summed E-state index contributed by atoms with van der Waals surface area (Å²) in [5.41, 5.74) is 7.37. The van der Waals surface area contributed by atoms with Gasteiger partial charge in [0.15, 0.2) is 0 Å². The molecular formula is C15H15NO3. The lowest BCUT2D eigenvalue weighted by Crippen LogP contribution is -2.13. The first-order chi connectivity index (χ1) is 9.17. The molecule has 19 heavy (non-hydrogen) atoms. The Morgan fingerprint density at radius 2 is 1.74 bits per heavy atom. The molecule has 4 nitrogen and oxygen atoms in total. The summed E-state index contributed by atoms with van der Waals surface area (Å²) >= 11 is 0. The lowest BCUT2D eigenvalue weighted by atomic mass is 9.97. The van der Waals surface area contributed by atoms with Crippen molar-refractivity contribution in [2.24, 2.45) is 5.73 Å². The Morgan fingerprint density at radius 3 is 2.26 bits per heavy atom. The van der Waals surface area contributed by atoms with Gasteiger partial charge in [0.2, 0.25) is 5.91 Å². The molecule has 98 valence electrons. The zero-order valence-corrected chi connectivity index (χ0v) is 10.8. The van der Waals surface area contributed by atoms with Crippen molar-refractivity contribution in [1.82, 2.24) is 0 Å². The van der Waals surface area contributed by atoms with Gasteiger partial charge < -0.3 is 15.2 Å². The van der Waals surface area contributed by atoms with Crippen LogP contribution in [0.2, 0.25) is 0 Å². The number of rotatable bonds is 4. The smallest absolute Gasteiger partial charge is 0.249 e. The molecule has 2 aromatic carbocycles. The van der Waals surface area contributed by atoms with E-state index < -0.39 is 5.91 Å². The first-order valence-electron chi connectivity index (χ1n) is 5.78. The number of benzene rings is 2. The van der Waals surface area contributed by atoms with Crippen LogP contribution in [0.5, 0.6) is 11.5 Å². The summed E-state index contributed by atoms with van der Waals surface area (Å²) in [6.07, 6.45) is 0. The molecule has 0 aromatic heterocycles. The summed E-state index contributed by atoms with van der Waals surface area (Å²) in [5, 5.41) is 0. The molecule has 2 aromatic rings. The zero-order valence-electron chi connectivity index (χ0n) is 10.8.